The van der Waals surface area contributed by atoms with E-state index in [0.717, 1.165) is 32.1 Å². The summed E-state index contributed by atoms with van der Waals surface area (Å²) in [5.74, 6) is 0.0232. The van der Waals surface area contributed by atoms with Crippen molar-refractivity contribution in [1.29, 1.82) is 0 Å². The Labute approximate surface area is 419 Å². The first-order valence-electron chi connectivity index (χ1n) is 26.3. The zero-order chi connectivity index (χ0) is 51.9. The van der Waals surface area contributed by atoms with Crippen LogP contribution in [0.4, 0.5) is 0 Å². The van der Waals surface area contributed by atoms with Gasteiger partial charge in [-0.25, -0.2) is 0 Å². The number of aliphatic hydroxyl groups excluding tert-OH is 12. The number of fused-ring (bicyclic) bond motifs is 7. The van der Waals surface area contributed by atoms with Crippen LogP contribution in [0.15, 0.2) is 11.6 Å². The van der Waals surface area contributed by atoms with Gasteiger partial charge in [-0.05, 0) is 106 Å². The first-order valence-corrected chi connectivity index (χ1v) is 26.3. The molecule has 9 rings (SSSR count). The summed E-state index contributed by atoms with van der Waals surface area (Å²) < 4.78 is 54.4. The van der Waals surface area contributed by atoms with Gasteiger partial charge in [-0.1, -0.05) is 32.4 Å². The Morgan fingerprint density at radius 3 is 1.88 bits per heavy atom. The molecular formula is C50H82O22. The van der Waals surface area contributed by atoms with E-state index < -0.39 is 148 Å². The van der Waals surface area contributed by atoms with Crippen molar-refractivity contribution >= 4 is 0 Å². The fraction of sp³-hybridized carbons (Fsp3) is 0.960. The van der Waals surface area contributed by atoms with Gasteiger partial charge in [0.1, 0.15) is 85.5 Å². The lowest BCUT2D eigenvalue weighted by Gasteiger charge is -2.58. The molecular weight excluding hydrogens is 953 g/mol. The van der Waals surface area contributed by atoms with Crippen LogP contribution >= 0.6 is 0 Å². The molecule has 13 N–H and O–H groups in total. The number of rotatable bonds is 14. The molecule has 0 aromatic carbocycles. The van der Waals surface area contributed by atoms with E-state index >= 15 is 0 Å². The molecule has 22 heteroatoms. The van der Waals surface area contributed by atoms with Crippen molar-refractivity contribution in [3.05, 3.63) is 11.6 Å². The van der Waals surface area contributed by atoms with Crippen molar-refractivity contribution in [2.45, 2.75) is 240 Å². The van der Waals surface area contributed by atoms with E-state index in [4.69, 9.17) is 42.6 Å². The van der Waals surface area contributed by atoms with Crippen molar-refractivity contribution in [2.24, 2.45) is 40.4 Å². The molecule has 0 bridgehead atoms. The Morgan fingerprint density at radius 1 is 0.639 bits per heavy atom. The van der Waals surface area contributed by atoms with E-state index in [2.05, 4.69) is 19.9 Å². The average Bonchev–Trinajstić information content (AvgIpc) is 3.84. The molecule has 8 fully saturated rings. The summed E-state index contributed by atoms with van der Waals surface area (Å²) in [6.45, 7) is 8.56. The zero-order valence-electron chi connectivity index (χ0n) is 41.8. The van der Waals surface area contributed by atoms with Gasteiger partial charge >= 0.3 is 0 Å². The number of hydrogen-bond acceptors (Lipinski definition) is 22. The van der Waals surface area contributed by atoms with Crippen LogP contribution in [0, 0.1) is 40.4 Å². The van der Waals surface area contributed by atoms with E-state index in [9.17, 15) is 66.4 Å². The second kappa shape index (κ2) is 21.6. The minimum atomic E-state index is -1.75. The van der Waals surface area contributed by atoms with E-state index in [1.807, 2.05) is 6.92 Å². The van der Waals surface area contributed by atoms with Gasteiger partial charge in [0.25, 0.3) is 0 Å². The molecule has 0 spiro atoms. The molecule has 30 atom stereocenters. The van der Waals surface area contributed by atoms with Gasteiger partial charge in [-0.2, -0.15) is 0 Å². The predicted octanol–water partition coefficient (Wildman–Crippen LogP) is -2.23. The van der Waals surface area contributed by atoms with Crippen molar-refractivity contribution in [3.8, 4) is 0 Å². The summed E-state index contributed by atoms with van der Waals surface area (Å²) in [7, 11) is 0. The Morgan fingerprint density at radius 2 is 1.24 bits per heavy atom. The smallest absolute Gasteiger partial charge is 0.187 e. The molecule has 30 unspecified atom stereocenters. The van der Waals surface area contributed by atoms with Crippen LogP contribution < -0.4 is 0 Å². The zero-order valence-corrected chi connectivity index (χ0v) is 41.8. The molecule has 0 radical (unpaired) electrons. The van der Waals surface area contributed by atoms with Crippen LogP contribution in [0.3, 0.4) is 0 Å². The molecule has 9 aliphatic rings. The first kappa shape index (κ1) is 55.6. The summed E-state index contributed by atoms with van der Waals surface area (Å²) in [6, 6.07) is 0. The third-order valence-electron chi connectivity index (χ3n) is 18.9. The van der Waals surface area contributed by atoms with Gasteiger partial charge in [0.15, 0.2) is 30.9 Å². The predicted molar refractivity (Wildman–Crippen MR) is 244 cm³/mol. The fourth-order valence-corrected chi connectivity index (χ4v) is 14.4. The standard InChI is InChI=1S/C50H82O22/c1-20(19-64-44-38(59)37(58)34(55)30(17-51)68-44)8-13-50(63)16-28-29(72-50)15-27-25-7-6-23-14-24(9-11-48(23,4)26(25)10-12-49(27,28)5)67-47-43(71-46-40(61)36(57)33(54)22(3)66-46)41(62)42(31(18-52)69-47)70-45-39(60)35(56)32(53)21(2)65-45/h6,20-22,24-47,51-63H,7-19H2,1-5H3. The highest BCUT2D eigenvalue weighted by molar-refractivity contribution is 5.26. The third kappa shape index (κ3) is 10.1. The van der Waals surface area contributed by atoms with Gasteiger partial charge in [0.05, 0.1) is 44.2 Å². The fourth-order valence-electron chi connectivity index (χ4n) is 14.4. The summed E-state index contributed by atoms with van der Waals surface area (Å²) in [5.41, 5.74) is 1.11. The van der Waals surface area contributed by atoms with Crippen LogP contribution in [0.25, 0.3) is 0 Å². The monoisotopic (exact) mass is 1030 g/mol. The van der Waals surface area contributed by atoms with Gasteiger partial charge in [-0.3, -0.25) is 0 Å². The van der Waals surface area contributed by atoms with Crippen LogP contribution in [0.1, 0.15) is 98.8 Å². The maximum atomic E-state index is 12.0. The lowest BCUT2D eigenvalue weighted by Crippen LogP contribution is -2.66. The summed E-state index contributed by atoms with van der Waals surface area (Å²) in [6.07, 6.45) is -19.8. The van der Waals surface area contributed by atoms with Crippen LogP contribution in [-0.4, -0.2) is 227 Å². The maximum Gasteiger partial charge on any atom is 0.187 e. The lowest BCUT2D eigenvalue weighted by atomic mass is 9.47. The quantitative estimate of drug-likeness (QED) is 0.0819. The minimum Gasteiger partial charge on any atom is -0.394 e. The Balaban J connectivity index is 0.836. The Bertz CT molecular complexity index is 1860. The molecule has 4 aliphatic carbocycles. The highest BCUT2D eigenvalue weighted by Gasteiger charge is 2.66. The van der Waals surface area contributed by atoms with Gasteiger partial charge in [0.2, 0.25) is 0 Å². The van der Waals surface area contributed by atoms with Crippen LogP contribution in [0.5, 0.6) is 0 Å². The Hall–Kier alpha value is -1.14. The second-order valence-corrected chi connectivity index (χ2v) is 23.4. The molecule has 414 valence electrons. The number of allylic oxidation sites excluding steroid dienone is 1. The maximum absolute atomic E-state index is 12.0. The summed E-state index contributed by atoms with van der Waals surface area (Å²) in [4.78, 5) is 0. The van der Waals surface area contributed by atoms with E-state index in [-0.39, 0.29) is 35.4 Å². The normalized spacial score (nSPS) is 55.1. The van der Waals surface area contributed by atoms with Crippen molar-refractivity contribution < 1.29 is 109 Å². The van der Waals surface area contributed by atoms with Crippen molar-refractivity contribution in [2.75, 3.05) is 19.8 Å². The molecule has 0 amide bonds. The summed E-state index contributed by atoms with van der Waals surface area (Å²) in [5, 5.41) is 138. The average molecular weight is 1040 g/mol. The number of ether oxygens (including phenoxy) is 9. The molecule has 72 heavy (non-hydrogen) atoms. The highest BCUT2D eigenvalue weighted by atomic mass is 16.8. The van der Waals surface area contributed by atoms with Crippen LogP contribution in [0.2, 0.25) is 0 Å². The molecule has 5 saturated heterocycles. The van der Waals surface area contributed by atoms with E-state index in [1.54, 1.807) is 0 Å². The topological polar surface area (TPSA) is 346 Å². The molecule has 0 aromatic heterocycles. The Kier molecular flexibility index (Phi) is 16.7. The largest absolute Gasteiger partial charge is 0.394 e. The van der Waals surface area contributed by atoms with Crippen molar-refractivity contribution in [3.63, 3.8) is 0 Å². The minimum absolute atomic E-state index is 0.0305. The van der Waals surface area contributed by atoms with Crippen molar-refractivity contribution in [1.82, 2.24) is 0 Å². The van der Waals surface area contributed by atoms with E-state index in [1.165, 1.54) is 19.4 Å². The molecule has 22 nitrogen and oxygen atoms in total. The molecule has 5 heterocycles. The van der Waals surface area contributed by atoms with Gasteiger partial charge in [0, 0.05) is 12.8 Å². The van der Waals surface area contributed by atoms with E-state index in [0.29, 0.717) is 49.9 Å². The SMILES string of the molecule is CC(CCC1(O)CC2C(CC3C4CC=C5CC(OC6OC(CO)C(OC7OC(C)C(O)C(O)C7O)C(O)C6OC6OC(C)C(O)C(O)C6O)CCC5(C)C4CCC23C)O1)COC1OC(CO)C(O)C(O)C1O. The van der Waals surface area contributed by atoms with Crippen LogP contribution in [-0.2, 0) is 42.6 Å². The highest BCUT2D eigenvalue weighted by Crippen LogP contribution is 2.69. The molecule has 5 aliphatic heterocycles. The number of aliphatic hydroxyl groups is 13. The third-order valence-corrected chi connectivity index (χ3v) is 18.9. The summed E-state index contributed by atoms with van der Waals surface area (Å²) >= 11 is 0. The second-order valence-electron chi connectivity index (χ2n) is 23.4. The molecule has 0 aromatic rings. The van der Waals surface area contributed by atoms with Gasteiger partial charge < -0.3 is 109 Å². The first-order chi connectivity index (χ1) is 34.0. The number of hydrogen-bond donors (Lipinski definition) is 13. The lowest BCUT2D eigenvalue weighted by molar-refractivity contribution is -0.388. The molecule has 3 saturated carbocycles. The van der Waals surface area contributed by atoms with Gasteiger partial charge in [-0.15, -0.1) is 0 Å².